The van der Waals surface area contributed by atoms with Crippen LogP contribution in [0.3, 0.4) is 0 Å². The standard InChI is InChI=1S/C43H43N5O.Pt/c1-29(2)20-34-27-46(28-47(34)32-13-11-12-30(21-32)42(3,4)5)33-23-36(26-44-25-33)49-35-16-17-38-37-14-9-10-15-39(37)48(40(38)24-35)41-22-31(18-19-45-41)43(6,7)8;/h9-19,21-22,25-27,29H,20H2,1-8H3;/q-2;/i20D2;. The second-order valence-electron chi connectivity index (χ2n) is 14.9. The van der Waals surface area contributed by atoms with Gasteiger partial charge >= 0.3 is 0 Å². The largest absolute Gasteiger partial charge is 0.508 e. The Bertz CT molecular complexity index is 2400. The number of hydrogen-bond donors (Lipinski definition) is 0. The molecule has 0 fully saturated rings. The van der Waals surface area contributed by atoms with Crippen LogP contribution in [0, 0.1) is 24.4 Å². The number of pyridine rings is 2. The van der Waals surface area contributed by atoms with Crippen molar-refractivity contribution >= 4 is 21.8 Å². The Kier molecular flexibility index (Phi) is 8.91. The molecule has 3 aromatic carbocycles. The monoisotopic (exact) mass is 842 g/mol. The van der Waals surface area contributed by atoms with E-state index < -0.39 is 6.37 Å². The molecule has 0 saturated heterocycles. The third-order valence-corrected chi connectivity index (χ3v) is 8.62. The molecule has 0 radical (unpaired) electrons. The van der Waals surface area contributed by atoms with E-state index in [1.54, 1.807) is 27.7 Å². The maximum absolute atomic E-state index is 9.03. The van der Waals surface area contributed by atoms with Crippen LogP contribution >= 0.6 is 0 Å². The summed E-state index contributed by atoms with van der Waals surface area (Å²) in [6.07, 6.45) is 8.67. The van der Waals surface area contributed by atoms with Crippen molar-refractivity contribution in [1.29, 1.82) is 0 Å². The van der Waals surface area contributed by atoms with Gasteiger partial charge < -0.3 is 18.9 Å². The predicted octanol–water partition coefficient (Wildman–Crippen LogP) is 9.62. The van der Waals surface area contributed by atoms with Gasteiger partial charge in [-0.15, -0.1) is 23.6 Å². The summed E-state index contributed by atoms with van der Waals surface area (Å²) in [4.78, 5) is 9.26. The molecule has 0 unspecified atom stereocenters. The summed E-state index contributed by atoms with van der Waals surface area (Å²) in [5.74, 6) is 1.45. The Morgan fingerprint density at radius 3 is 2.36 bits per heavy atom. The van der Waals surface area contributed by atoms with E-state index in [9.17, 15) is 0 Å². The molecule has 0 amide bonds. The number of nitrogens with zero attached hydrogens (tertiary/aromatic N) is 5. The normalized spacial score (nSPS) is 13.0. The minimum Gasteiger partial charge on any atom is -0.508 e. The number of fused-ring (bicyclic) bond motifs is 3. The van der Waals surface area contributed by atoms with Gasteiger partial charge in [-0.1, -0.05) is 97.4 Å². The molecule has 0 saturated carbocycles. The summed E-state index contributed by atoms with van der Waals surface area (Å²) in [6.45, 7) is 16.9. The summed E-state index contributed by atoms with van der Waals surface area (Å²) < 4.78 is 30.1. The minimum absolute atomic E-state index is 0. The molecule has 7 aromatic rings. The summed E-state index contributed by atoms with van der Waals surface area (Å²) in [6, 6.07) is 31.5. The molecular weight excluding hydrogens is 798 g/mol. The minimum atomic E-state index is -1.63. The average molecular weight is 843 g/mol. The molecule has 4 heterocycles. The van der Waals surface area contributed by atoms with Gasteiger partial charge in [-0.05, 0) is 81.9 Å². The number of benzene rings is 3. The van der Waals surface area contributed by atoms with E-state index in [-0.39, 0.29) is 37.8 Å². The van der Waals surface area contributed by atoms with Crippen molar-refractivity contribution in [2.45, 2.75) is 72.6 Å². The first-order valence-corrected chi connectivity index (χ1v) is 16.8. The molecule has 0 aliphatic heterocycles. The SMILES string of the molecule is [2H]C([2H])(c1cn(-c2[c-]c(Oc3[c-]c4c(cc3)c3ccccc3n4-c3cc(C(C)(C)C)ccn3)cnc2)[c-][n+]1-c1cccc(C(C)(C)C)c1)C(C)C.[Pt]. The van der Waals surface area contributed by atoms with Crippen molar-refractivity contribution in [3.63, 3.8) is 0 Å². The summed E-state index contributed by atoms with van der Waals surface area (Å²) in [5, 5.41) is 2.15. The van der Waals surface area contributed by atoms with E-state index in [2.05, 4.69) is 112 Å². The van der Waals surface area contributed by atoms with Gasteiger partial charge in [0.15, 0.2) is 0 Å². The van der Waals surface area contributed by atoms with Crippen molar-refractivity contribution in [1.82, 2.24) is 19.1 Å². The van der Waals surface area contributed by atoms with Gasteiger partial charge in [0.05, 0.1) is 11.4 Å². The van der Waals surface area contributed by atoms with Crippen LogP contribution < -0.4 is 9.30 Å². The van der Waals surface area contributed by atoms with Gasteiger partial charge in [-0.25, -0.2) is 4.98 Å². The molecule has 0 N–H and O–H groups in total. The quantitative estimate of drug-likeness (QED) is 0.119. The first-order valence-electron chi connectivity index (χ1n) is 17.8. The molecule has 0 bridgehead atoms. The second-order valence-corrected chi connectivity index (χ2v) is 14.9. The summed E-state index contributed by atoms with van der Waals surface area (Å²) in [5.41, 5.74) is 6.02. The maximum Gasteiger partial charge on any atom is 0.267 e. The second kappa shape index (κ2) is 13.6. The van der Waals surface area contributed by atoms with Gasteiger partial charge in [0.2, 0.25) is 0 Å². The Hall–Kier alpha value is -4.54. The molecule has 0 aliphatic carbocycles. The number of ether oxygens (including phenoxy) is 1. The van der Waals surface area contributed by atoms with Crippen molar-refractivity contribution in [2.24, 2.45) is 5.92 Å². The van der Waals surface area contributed by atoms with E-state index in [4.69, 9.17) is 12.5 Å². The maximum atomic E-state index is 9.03. The molecule has 6 nitrogen and oxygen atoms in total. The zero-order valence-corrected chi connectivity index (χ0v) is 32.0. The topological polar surface area (TPSA) is 48.8 Å². The van der Waals surface area contributed by atoms with Gasteiger partial charge in [0.1, 0.15) is 5.82 Å². The predicted molar refractivity (Wildman–Crippen MR) is 196 cm³/mol. The Balaban J connectivity index is 0.00000464. The van der Waals surface area contributed by atoms with Crippen LogP contribution in [-0.4, -0.2) is 19.1 Å². The van der Waals surface area contributed by atoms with Crippen molar-refractivity contribution in [2.75, 3.05) is 0 Å². The van der Waals surface area contributed by atoms with Crippen LogP contribution in [0.4, 0.5) is 0 Å². The van der Waals surface area contributed by atoms with Crippen molar-refractivity contribution in [3.05, 3.63) is 133 Å². The number of aromatic nitrogens is 5. The van der Waals surface area contributed by atoms with Gasteiger partial charge in [-0.2, -0.15) is 6.07 Å². The third-order valence-electron chi connectivity index (χ3n) is 8.62. The summed E-state index contributed by atoms with van der Waals surface area (Å²) >= 11 is 0. The zero-order valence-electron chi connectivity index (χ0n) is 31.8. The van der Waals surface area contributed by atoms with Gasteiger partial charge in [0.25, 0.3) is 6.33 Å². The van der Waals surface area contributed by atoms with Gasteiger partial charge in [0, 0.05) is 53.2 Å². The number of rotatable bonds is 7. The molecule has 7 heteroatoms. The van der Waals surface area contributed by atoms with Crippen molar-refractivity contribution < 1.29 is 33.1 Å². The Morgan fingerprint density at radius 1 is 0.840 bits per heavy atom. The molecule has 258 valence electrons. The first kappa shape index (κ1) is 32.7. The summed E-state index contributed by atoms with van der Waals surface area (Å²) in [7, 11) is 0. The van der Waals surface area contributed by atoms with E-state index >= 15 is 0 Å². The fourth-order valence-corrected chi connectivity index (χ4v) is 6.04. The number of hydrogen-bond acceptors (Lipinski definition) is 3. The van der Waals surface area contributed by atoms with E-state index in [1.807, 2.05) is 50.4 Å². The average Bonchev–Trinajstić information content (AvgIpc) is 3.69. The van der Waals surface area contributed by atoms with Gasteiger partial charge in [-0.3, -0.25) is 4.57 Å². The van der Waals surface area contributed by atoms with E-state index in [1.165, 1.54) is 5.56 Å². The molecule has 0 aliphatic rings. The molecule has 0 atom stereocenters. The Labute approximate surface area is 312 Å². The smallest absolute Gasteiger partial charge is 0.267 e. The van der Waals surface area contributed by atoms with Crippen LogP contribution in [0.5, 0.6) is 11.5 Å². The zero-order chi connectivity index (χ0) is 36.3. The van der Waals surface area contributed by atoms with E-state index in [0.717, 1.165) is 38.9 Å². The van der Waals surface area contributed by atoms with Crippen LogP contribution in [0.25, 0.3) is 39.0 Å². The molecular formula is C43H43N5OPt-2. The first-order chi connectivity index (χ1) is 24.1. The van der Waals surface area contributed by atoms with Crippen LogP contribution in [-0.2, 0) is 38.3 Å². The molecule has 4 aromatic heterocycles. The number of imidazole rings is 1. The third kappa shape index (κ3) is 7.04. The van der Waals surface area contributed by atoms with Crippen LogP contribution in [0.15, 0.2) is 97.6 Å². The fraction of sp³-hybridized carbons (Fsp3) is 0.279. The van der Waals surface area contributed by atoms with Crippen LogP contribution in [0.2, 0.25) is 0 Å². The molecule has 7 rings (SSSR count). The van der Waals surface area contributed by atoms with Crippen LogP contribution in [0.1, 0.15) is 75.0 Å². The van der Waals surface area contributed by atoms with E-state index in [0.29, 0.717) is 22.9 Å². The molecule has 0 spiro atoms. The molecule has 50 heavy (non-hydrogen) atoms. The van der Waals surface area contributed by atoms with Crippen molar-refractivity contribution in [3.8, 4) is 28.7 Å². The fourth-order valence-electron chi connectivity index (χ4n) is 6.04. The number of para-hydroxylation sites is 1. The Morgan fingerprint density at radius 2 is 1.60 bits per heavy atom.